The van der Waals surface area contributed by atoms with Crippen molar-refractivity contribution < 1.29 is 4.39 Å². The molecule has 126 valence electrons. The third-order valence-corrected chi connectivity index (χ3v) is 4.24. The van der Waals surface area contributed by atoms with E-state index in [0.29, 0.717) is 11.4 Å². The molecule has 0 aliphatic heterocycles. The minimum absolute atomic E-state index is 0.0138. The predicted octanol–water partition coefficient (Wildman–Crippen LogP) is 3.22. The standard InChI is InChI=1S/C18H17FN6/c1-13(14-11-22-23(2)12-14)24-9-7-20-18(24)16-10-15(19)4-5-17(16)25-8-3-6-21-25/h3-13H,1-2H3/t13-/m1/s1. The summed E-state index contributed by atoms with van der Waals surface area (Å²) in [5.41, 5.74) is 2.51. The zero-order valence-electron chi connectivity index (χ0n) is 13.9. The number of hydrogen-bond donors (Lipinski definition) is 0. The van der Waals surface area contributed by atoms with Gasteiger partial charge in [0.25, 0.3) is 0 Å². The van der Waals surface area contributed by atoms with Gasteiger partial charge in [-0.25, -0.2) is 14.1 Å². The van der Waals surface area contributed by atoms with Crippen molar-refractivity contribution in [1.82, 2.24) is 29.1 Å². The van der Waals surface area contributed by atoms with Crippen LogP contribution in [0.3, 0.4) is 0 Å². The second-order valence-electron chi connectivity index (χ2n) is 5.89. The lowest BCUT2D eigenvalue weighted by Gasteiger charge is -2.17. The molecule has 0 N–H and O–H groups in total. The molecule has 1 atom stereocenters. The van der Waals surface area contributed by atoms with E-state index >= 15 is 0 Å². The molecule has 0 aliphatic carbocycles. The summed E-state index contributed by atoms with van der Waals surface area (Å²) < 4.78 is 19.4. The van der Waals surface area contributed by atoms with Crippen LogP contribution in [0.15, 0.2) is 61.4 Å². The number of hydrogen-bond acceptors (Lipinski definition) is 3. The Morgan fingerprint density at radius 2 is 2.00 bits per heavy atom. The highest BCUT2D eigenvalue weighted by Crippen LogP contribution is 2.30. The molecule has 0 amide bonds. The minimum Gasteiger partial charge on any atom is -0.324 e. The zero-order chi connectivity index (χ0) is 17.4. The van der Waals surface area contributed by atoms with Gasteiger partial charge in [-0.3, -0.25) is 4.68 Å². The summed E-state index contributed by atoms with van der Waals surface area (Å²) in [6.07, 6.45) is 10.9. The average molecular weight is 336 g/mol. The molecule has 6 nitrogen and oxygen atoms in total. The quantitative estimate of drug-likeness (QED) is 0.575. The smallest absolute Gasteiger partial charge is 0.142 e. The molecule has 0 saturated heterocycles. The number of rotatable bonds is 4. The van der Waals surface area contributed by atoms with Gasteiger partial charge in [0.2, 0.25) is 0 Å². The van der Waals surface area contributed by atoms with Crippen LogP contribution in [-0.4, -0.2) is 29.1 Å². The lowest BCUT2D eigenvalue weighted by atomic mass is 10.1. The molecule has 4 aromatic rings. The molecule has 0 bridgehead atoms. The lowest BCUT2D eigenvalue weighted by Crippen LogP contribution is -2.09. The van der Waals surface area contributed by atoms with Crippen LogP contribution in [0.4, 0.5) is 4.39 Å². The van der Waals surface area contributed by atoms with Crippen LogP contribution in [-0.2, 0) is 7.05 Å². The van der Waals surface area contributed by atoms with Gasteiger partial charge in [0.05, 0.1) is 17.9 Å². The number of imidazole rings is 1. The van der Waals surface area contributed by atoms with Crippen molar-refractivity contribution in [2.75, 3.05) is 0 Å². The first kappa shape index (κ1) is 15.3. The van der Waals surface area contributed by atoms with E-state index in [9.17, 15) is 4.39 Å². The van der Waals surface area contributed by atoms with Crippen LogP contribution < -0.4 is 0 Å². The molecule has 7 heteroatoms. The molecule has 3 heterocycles. The number of benzene rings is 1. The first-order valence-corrected chi connectivity index (χ1v) is 7.95. The van der Waals surface area contributed by atoms with Crippen molar-refractivity contribution in [3.63, 3.8) is 0 Å². The Kier molecular flexibility index (Phi) is 3.68. The van der Waals surface area contributed by atoms with E-state index in [1.54, 1.807) is 27.8 Å². The van der Waals surface area contributed by atoms with Crippen LogP contribution in [0.5, 0.6) is 0 Å². The molecule has 0 fully saturated rings. The van der Waals surface area contributed by atoms with E-state index in [2.05, 4.69) is 22.1 Å². The maximum atomic E-state index is 14.0. The number of aromatic nitrogens is 6. The van der Waals surface area contributed by atoms with Gasteiger partial charge in [-0.2, -0.15) is 10.2 Å². The molecule has 0 radical (unpaired) electrons. The van der Waals surface area contributed by atoms with E-state index in [-0.39, 0.29) is 11.9 Å². The Labute approximate surface area is 144 Å². The summed E-state index contributed by atoms with van der Waals surface area (Å²) in [5, 5.41) is 8.50. The van der Waals surface area contributed by atoms with Crippen molar-refractivity contribution in [2.24, 2.45) is 7.05 Å². The predicted molar refractivity (Wildman–Crippen MR) is 91.8 cm³/mol. The van der Waals surface area contributed by atoms with E-state index < -0.39 is 0 Å². The maximum Gasteiger partial charge on any atom is 0.142 e. The van der Waals surface area contributed by atoms with Gasteiger partial charge in [0.15, 0.2) is 0 Å². The SMILES string of the molecule is C[C@H](c1cnn(C)c1)n1ccnc1-c1cc(F)ccc1-n1cccn1. The zero-order valence-corrected chi connectivity index (χ0v) is 13.9. The van der Waals surface area contributed by atoms with Gasteiger partial charge >= 0.3 is 0 Å². The van der Waals surface area contributed by atoms with E-state index in [0.717, 1.165) is 11.3 Å². The van der Waals surface area contributed by atoms with Crippen molar-refractivity contribution >= 4 is 0 Å². The average Bonchev–Trinajstić information content (AvgIpc) is 3.35. The number of halogens is 1. The fourth-order valence-electron chi connectivity index (χ4n) is 2.95. The second-order valence-corrected chi connectivity index (χ2v) is 5.89. The topological polar surface area (TPSA) is 53.5 Å². The Balaban J connectivity index is 1.84. The fourth-order valence-corrected chi connectivity index (χ4v) is 2.95. The van der Waals surface area contributed by atoms with Gasteiger partial charge in [0.1, 0.15) is 11.6 Å². The minimum atomic E-state index is -0.311. The van der Waals surface area contributed by atoms with E-state index in [1.165, 1.54) is 12.1 Å². The monoisotopic (exact) mass is 336 g/mol. The molecular formula is C18H17FN6. The molecule has 0 aliphatic rings. The van der Waals surface area contributed by atoms with Crippen LogP contribution in [0, 0.1) is 5.82 Å². The molecule has 0 spiro atoms. The Bertz CT molecular complexity index is 998. The third kappa shape index (κ3) is 2.73. The van der Waals surface area contributed by atoms with Gasteiger partial charge in [0, 0.05) is 49.2 Å². The molecule has 4 rings (SSSR count). The van der Waals surface area contributed by atoms with Gasteiger partial charge < -0.3 is 4.57 Å². The summed E-state index contributed by atoms with van der Waals surface area (Å²) in [6, 6.07) is 6.48. The largest absolute Gasteiger partial charge is 0.324 e. The molecule has 0 unspecified atom stereocenters. The molecule has 1 aromatic carbocycles. The highest BCUT2D eigenvalue weighted by Gasteiger charge is 2.18. The van der Waals surface area contributed by atoms with Gasteiger partial charge in [-0.1, -0.05) is 0 Å². The summed E-state index contributed by atoms with van der Waals surface area (Å²) in [7, 11) is 1.88. The van der Waals surface area contributed by atoms with Crippen molar-refractivity contribution in [3.8, 4) is 17.1 Å². The molecule has 25 heavy (non-hydrogen) atoms. The van der Waals surface area contributed by atoms with E-state index in [4.69, 9.17) is 0 Å². The number of aryl methyl sites for hydroxylation is 1. The summed E-state index contributed by atoms with van der Waals surface area (Å²) in [5.74, 6) is 0.371. The molecule has 3 aromatic heterocycles. The molecular weight excluding hydrogens is 319 g/mol. The lowest BCUT2D eigenvalue weighted by molar-refractivity contribution is 0.624. The van der Waals surface area contributed by atoms with Crippen molar-refractivity contribution in [2.45, 2.75) is 13.0 Å². The third-order valence-electron chi connectivity index (χ3n) is 4.24. The molecule has 0 saturated carbocycles. The normalized spacial score (nSPS) is 12.4. The summed E-state index contributed by atoms with van der Waals surface area (Å²) in [4.78, 5) is 4.48. The first-order valence-electron chi connectivity index (χ1n) is 7.95. The highest BCUT2D eigenvalue weighted by atomic mass is 19.1. The summed E-state index contributed by atoms with van der Waals surface area (Å²) >= 11 is 0. The van der Waals surface area contributed by atoms with E-state index in [1.807, 2.05) is 42.5 Å². The Morgan fingerprint density at radius 1 is 1.12 bits per heavy atom. The van der Waals surface area contributed by atoms with Gasteiger partial charge in [-0.05, 0) is 31.2 Å². The first-order chi connectivity index (χ1) is 12.1. The van der Waals surface area contributed by atoms with Crippen molar-refractivity contribution in [1.29, 1.82) is 0 Å². The van der Waals surface area contributed by atoms with Crippen LogP contribution in [0.25, 0.3) is 17.1 Å². The van der Waals surface area contributed by atoms with Crippen LogP contribution in [0.2, 0.25) is 0 Å². The van der Waals surface area contributed by atoms with Crippen LogP contribution in [0.1, 0.15) is 18.5 Å². The fraction of sp³-hybridized carbons (Fsp3) is 0.167. The van der Waals surface area contributed by atoms with Crippen LogP contribution >= 0.6 is 0 Å². The Morgan fingerprint density at radius 3 is 2.72 bits per heavy atom. The number of nitrogens with zero attached hydrogens (tertiary/aromatic N) is 6. The van der Waals surface area contributed by atoms with Gasteiger partial charge in [-0.15, -0.1) is 0 Å². The highest BCUT2D eigenvalue weighted by molar-refractivity contribution is 5.68. The second kappa shape index (κ2) is 6.01. The maximum absolute atomic E-state index is 14.0. The summed E-state index contributed by atoms with van der Waals surface area (Å²) in [6.45, 7) is 2.06. The van der Waals surface area contributed by atoms with Crippen molar-refractivity contribution in [3.05, 3.63) is 72.8 Å². The Hall–Kier alpha value is -3.22.